The van der Waals surface area contributed by atoms with Gasteiger partial charge in [-0.3, -0.25) is 0 Å². The van der Waals surface area contributed by atoms with Crippen LogP contribution in [0.1, 0.15) is 50.0 Å². The highest BCUT2D eigenvalue weighted by Crippen LogP contribution is 2.39. The van der Waals surface area contributed by atoms with Gasteiger partial charge in [-0.25, -0.2) is 4.39 Å². The summed E-state index contributed by atoms with van der Waals surface area (Å²) >= 11 is 5.79. The van der Waals surface area contributed by atoms with Crippen molar-refractivity contribution in [2.24, 2.45) is 11.8 Å². The highest BCUT2D eigenvalue weighted by molar-refractivity contribution is 6.30. The van der Waals surface area contributed by atoms with Crippen molar-refractivity contribution in [1.29, 1.82) is 0 Å². The van der Waals surface area contributed by atoms with Crippen molar-refractivity contribution in [2.75, 3.05) is 13.2 Å². The molecule has 0 N–H and O–H groups in total. The summed E-state index contributed by atoms with van der Waals surface area (Å²) < 4.78 is 25.9. The lowest BCUT2D eigenvalue weighted by Crippen LogP contribution is -2.38. The molecule has 0 bridgehead atoms. The molecule has 1 saturated carbocycles. The van der Waals surface area contributed by atoms with E-state index in [1.807, 2.05) is 12.1 Å². The Kier molecular flexibility index (Phi) is 7.24. The van der Waals surface area contributed by atoms with E-state index in [2.05, 4.69) is 30.8 Å². The van der Waals surface area contributed by atoms with Crippen molar-refractivity contribution in [2.45, 2.75) is 50.7 Å². The van der Waals surface area contributed by atoms with Gasteiger partial charge >= 0.3 is 0 Å². The van der Waals surface area contributed by atoms with E-state index in [9.17, 15) is 4.39 Å². The van der Waals surface area contributed by atoms with Crippen LogP contribution in [0.4, 0.5) is 4.39 Å². The largest absolute Gasteiger partial charge is 0.352 e. The average molecular weight is 429 g/mol. The summed E-state index contributed by atoms with van der Waals surface area (Å²) in [5.74, 6) is 1.19. The summed E-state index contributed by atoms with van der Waals surface area (Å²) in [6.07, 6.45) is 8.64. The normalized spacial score (nSPS) is 27.0. The van der Waals surface area contributed by atoms with Gasteiger partial charge in [-0.1, -0.05) is 48.0 Å². The molecule has 2 aliphatic rings. The summed E-state index contributed by atoms with van der Waals surface area (Å²) in [7, 11) is 0. The van der Waals surface area contributed by atoms with Crippen LogP contribution in [0.15, 0.2) is 55.1 Å². The summed E-state index contributed by atoms with van der Waals surface area (Å²) in [5, 5.41) is 0.158. The van der Waals surface area contributed by atoms with Gasteiger partial charge in [0.1, 0.15) is 5.82 Å². The van der Waals surface area contributed by atoms with Crippen molar-refractivity contribution in [3.63, 3.8) is 0 Å². The molecule has 160 valence electrons. The first kappa shape index (κ1) is 21.5. The molecule has 0 unspecified atom stereocenters. The van der Waals surface area contributed by atoms with Gasteiger partial charge in [-0.2, -0.15) is 0 Å². The van der Waals surface area contributed by atoms with E-state index >= 15 is 0 Å². The Morgan fingerprint density at radius 1 is 0.967 bits per heavy atom. The van der Waals surface area contributed by atoms with E-state index in [4.69, 9.17) is 21.1 Å². The van der Waals surface area contributed by atoms with Crippen LogP contribution in [0.5, 0.6) is 0 Å². The lowest BCUT2D eigenvalue weighted by atomic mass is 9.78. The zero-order valence-corrected chi connectivity index (χ0v) is 18.1. The second-order valence-corrected chi connectivity index (χ2v) is 9.04. The zero-order chi connectivity index (χ0) is 20.9. The van der Waals surface area contributed by atoms with Crippen molar-refractivity contribution >= 4 is 11.6 Å². The van der Waals surface area contributed by atoms with Crippen molar-refractivity contribution < 1.29 is 13.9 Å². The smallest absolute Gasteiger partial charge is 0.160 e. The molecule has 1 aliphatic carbocycles. The monoisotopic (exact) mass is 428 g/mol. The third kappa shape index (κ3) is 5.14. The number of benzene rings is 2. The van der Waals surface area contributed by atoms with Crippen LogP contribution in [-0.4, -0.2) is 19.5 Å². The second-order valence-electron chi connectivity index (χ2n) is 8.63. The Bertz CT molecular complexity index is 835. The maximum absolute atomic E-state index is 13.7. The minimum absolute atomic E-state index is 0.0342. The lowest BCUT2D eigenvalue weighted by Gasteiger charge is -2.37. The average Bonchev–Trinajstić information content (AvgIpc) is 2.80. The van der Waals surface area contributed by atoms with Crippen LogP contribution in [0, 0.1) is 17.7 Å². The zero-order valence-electron chi connectivity index (χ0n) is 17.4. The van der Waals surface area contributed by atoms with Gasteiger partial charge in [-0.15, -0.1) is 6.58 Å². The maximum atomic E-state index is 13.7. The molecule has 2 fully saturated rings. The topological polar surface area (TPSA) is 18.5 Å². The van der Waals surface area contributed by atoms with E-state index in [1.165, 1.54) is 11.6 Å². The van der Waals surface area contributed by atoms with Crippen LogP contribution < -0.4 is 0 Å². The summed E-state index contributed by atoms with van der Waals surface area (Å²) in [4.78, 5) is 0. The third-order valence-electron chi connectivity index (χ3n) is 6.56. The van der Waals surface area contributed by atoms with E-state index in [1.54, 1.807) is 6.07 Å². The van der Waals surface area contributed by atoms with Crippen molar-refractivity contribution in [1.82, 2.24) is 0 Å². The van der Waals surface area contributed by atoms with E-state index in [0.29, 0.717) is 17.8 Å². The molecule has 1 heterocycles. The number of allylic oxidation sites excluding steroid dienone is 1. The molecule has 0 spiro atoms. The molecule has 4 rings (SSSR count). The lowest BCUT2D eigenvalue weighted by molar-refractivity contribution is -0.229. The van der Waals surface area contributed by atoms with E-state index in [0.717, 1.165) is 62.9 Å². The molecule has 30 heavy (non-hydrogen) atoms. The van der Waals surface area contributed by atoms with Crippen LogP contribution in [-0.2, 0) is 9.47 Å². The standard InChI is InChI=1S/C26H30ClFO2/c1-2-3-4-18-16-29-26(30-17-18)22-11-9-20(10-12-22)19-5-7-21(8-6-19)23-13-14-24(27)25(28)15-23/h2,5-8,13-15,18,20,22,26H,1,3-4,9-12,16-17H2/t18-,20-,22-,26-. The van der Waals surface area contributed by atoms with Crippen LogP contribution in [0.3, 0.4) is 0 Å². The van der Waals surface area contributed by atoms with Crippen molar-refractivity contribution in [3.8, 4) is 11.1 Å². The van der Waals surface area contributed by atoms with Gasteiger partial charge in [0, 0.05) is 11.8 Å². The molecule has 0 atom stereocenters. The third-order valence-corrected chi connectivity index (χ3v) is 6.87. The van der Waals surface area contributed by atoms with E-state index in [-0.39, 0.29) is 17.1 Å². The quantitative estimate of drug-likeness (QED) is 0.447. The molecule has 2 nitrogen and oxygen atoms in total. The fraction of sp³-hybridized carbons (Fsp3) is 0.462. The minimum atomic E-state index is -0.379. The molecule has 4 heteroatoms. The molecule has 0 aromatic heterocycles. The summed E-state index contributed by atoms with van der Waals surface area (Å²) in [5.41, 5.74) is 3.23. The Labute approximate surface area is 184 Å². The van der Waals surface area contributed by atoms with Gasteiger partial charge < -0.3 is 9.47 Å². The predicted molar refractivity (Wildman–Crippen MR) is 120 cm³/mol. The van der Waals surface area contributed by atoms with Gasteiger partial charge in [0.15, 0.2) is 6.29 Å². The Hall–Kier alpha value is -1.68. The molecule has 2 aromatic rings. The van der Waals surface area contributed by atoms with Crippen LogP contribution in [0.2, 0.25) is 5.02 Å². The number of rotatable bonds is 6. The first-order chi connectivity index (χ1) is 14.6. The Morgan fingerprint density at radius 3 is 2.27 bits per heavy atom. The number of hydrogen-bond acceptors (Lipinski definition) is 2. The molecular weight excluding hydrogens is 399 g/mol. The van der Waals surface area contributed by atoms with Gasteiger partial charge in [0.25, 0.3) is 0 Å². The Morgan fingerprint density at radius 2 is 1.63 bits per heavy atom. The second kappa shape index (κ2) is 10.1. The van der Waals surface area contributed by atoms with Crippen LogP contribution >= 0.6 is 11.6 Å². The van der Waals surface area contributed by atoms with E-state index < -0.39 is 0 Å². The predicted octanol–water partition coefficient (Wildman–Crippen LogP) is 7.38. The van der Waals surface area contributed by atoms with Crippen molar-refractivity contribution in [3.05, 3.63) is 71.5 Å². The first-order valence-corrected chi connectivity index (χ1v) is 11.4. The van der Waals surface area contributed by atoms with Gasteiger partial charge in [-0.05, 0) is 73.3 Å². The number of halogens is 2. The maximum Gasteiger partial charge on any atom is 0.160 e. The van der Waals surface area contributed by atoms with Gasteiger partial charge in [0.2, 0.25) is 0 Å². The first-order valence-electron chi connectivity index (χ1n) is 11.0. The minimum Gasteiger partial charge on any atom is -0.352 e. The molecule has 0 radical (unpaired) electrons. The Balaban J connectivity index is 1.29. The van der Waals surface area contributed by atoms with Gasteiger partial charge in [0.05, 0.1) is 18.2 Å². The highest BCUT2D eigenvalue weighted by Gasteiger charge is 2.32. The number of ether oxygens (including phenoxy) is 2. The molecule has 1 aliphatic heterocycles. The molecule has 2 aromatic carbocycles. The van der Waals surface area contributed by atoms with Crippen LogP contribution in [0.25, 0.3) is 11.1 Å². The highest BCUT2D eigenvalue weighted by atomic mass is 35.5. The summed E-state index contributed by atoms with van der Waals surface area (Å²) in [6, 6.07) is 13.5. The number of hydrogen-bond donors (Lipinski definition) is 0. The molecular formula is C26H30ClFO2. The molecule has 0 amide bonds. The SMILES string of the molecule is C=CCC[C@H]1CO[C@H]([C@H]2CC[C@H](c3ccc(-c4ccc(Cl)c(F)c4)cc3)CC2)OC1. The molecule has 1 saturated heterocycles. The fourth-order valence-corrected chi connectivity index (χ4v) is 4.82. The summed E-state index contributed by atoms with van der Waals surface area (Å²) in [6.45, 7) is 5.41. The fourth-order valence-electron chi connectivity index (χ4n) is 4.70.